The van der Waals surface area contributed by atoms with Gasteiger partial charge in [0, 0.05) is 27.7 Å². The molecule has 236 valence electrons. The molecule has 1 aliphatic rings. The molecule has 42 heavy (non-hydrogen) atoms. The molecule has 3 rings (SSSR count). The molecule has 0 amide bonds. The Morgan fingerprint density at radius 2 is 1.62 bits per heavy atom. The fraction of sp³-hybridized carbons (Fsp3) is 0.692. The zero-order valence-corrected chi connectivity index (χ0v) is 28.2. The van der Waals surface area contributed by atoms with E-state index in [1.54, 1.807) is 46.9 Å². The van der Waals surface area contributed by atoms with Crippen LogP contribution in [0.4, 0.5) is 5.82 Å². The minimum Gasteiger partial charge on any atom is -0.387 e. The molecule has 3 heterocycles. The van der Waals surface area contributed by atoms with Crippen molar-refractivity contribution in [2.24, 2.45) is 10.8 Å². The number of hydrogen-bond donors (Lipinski definition) is 3. The molecule has 2 aromatic rings. The van der Waals surface area contributed by atoms with Gasteiger partial charge in [-0.15, -0.1) is 11.3 Å². The van der Waals surface area contributed by atoms with E-state index in [1.165, 1.54) is 24.6 Å². The van der Waals surface area contributed by atoms with Crippen LogP contribution in [0, 0.1) is 10.8 Å². The topological polar surface area (TPSA) is 180 Å². The van der Waals surface area contributed by atoms with Crippen LogP contribution in [0.1, 0.15) is 59.4 Å². The lowest BCUT2D eigenvalue weighted by atomic mass is 9.92. The van der Waals surface area contributed by atoms with E-state index < -0.39 is 49.2 Å². The summed E-state index contributed by atoms with van der Waals surface area (Å²) in [5.74, 6) is 0.695. The number of rotatable bonds is 12. The SMILES string of the molecule is CC(C)(C)C(=O)SCCOP(=O)(OCCSC(=O)C(C)(C)C)OCC1OC(c2scc3c(N)ncnc23)C(C)(O)C1O. The first kappa shape index (κ1) is 35.4. The van der Waals surface area contributed by atoms with E-state index in [1.807, 2.05) is 0 Å². The molecule has 0 aromatic carbocycles. The molecule has 4 unspecified atom stereocenters. The standard InChI is InChI=1S/C26H40N3O9PS3/c1-24(2,3)22(31)40-10-8-35-39(34,36-9-11-41-23(32)25(4,5)6)37-12-16-19(30)26(7,33)20(38-16)18-17-15(13-42-18)21(27)29-14-28-17/h13-14,16,19-20,30,33H,8-12H2,1-7H3,(H2,27,28,29). The highest BCUT2D eigenvalue weighted by Crippen LogP contribution is 2.52. The van der Waals surface area contributed by atoms with Gasteiger partial charge in [-0.1, -0.05) is 65.1 Å². The van der Waals surface area contributed by atoms with Crippen molar-refractivity contribution in [2.45, 2.75) is 72.4 Å². The van der Waals surface area contributed by atoms with Crippen LogP contribution in [0.5, 0.6) is 0 Å². The lowest BCUT2D eigenvalue weighted by molar-refractivity contribution is -0.118. The Kier molecular flexibility index (Phi) is 11.7. The molecular formula is C26H40N3O9PS3. The highest BCUT2D eigenvalue weighted by Gasteiger charge is 2.54. The Balaban J connectivity index is 1.68. The molecule has 1 aliphatic heterocycles. The van der Waals surface area contributed by atoms with Gasteiger partial charge < -0.3 is 20.7 Å². The number of phosphoric acid groups is 1. The molecule has 0 saturated carbocycles. The Morgan fingerprint density at radius 1 is 1.07 bits per heavy atom. The van der Waals surface area contributed by atoms with Crippen molar-refractivity contribution in [1.82, 2.24) is 9.97 Å². The second-order valence-corrected chi connectivity index (χ2v) is 16.7. The largest absolute Gasteiger partial charge is 0.474 e. The highest BCUT2D eigenvalue weighted by atomic mass is 32.2. The van der Waals surface area contributed by atoms with E-state index in [9.17, 15) is 24.4 Å². The van der Waals surface area contributed by atoms with E-state index in [2.05, 4.69) is 9.97 Å². The molecule has 1 fully saturated rings. The summed E-state index contributed by atoms with van der Waals surface area (Å²) in [6.07, 6.45) is -2.21. The van der Waals surface area contributed by atoms with E-state index in [0.29, 0.717) is 15.8 Å². The number of carbonyl (C=O) groups excluding carboxylic acids is 2. The van der Waals surface area contributed by atoms with Crippen LogP contribution >= 0.6 is 42.7 Å². The summed E-state index contributed by atoms with van der Waals surface area (Å²) in [5, 5.41) is 24.4. The number of ether oxygens (including phenoxy) is 1. The maximum atomic E-state index is 13.6. The lowest BCUT2D eigenvalue weighted by Gasteiger charge is -2.26. The van der Waals surface area contributed by atoms with Crippen LogP contribution < -0.4 is 5.73 Å². The second-order valence-electron chi connectivity index (χ2n) is 12.0. The molecule has 0 radical (unpaired) electrons. The minimum absolute atomic E-state index is 0.0521. The fourth-order valence-corrected chi connectivity index (χ4v) is 7.91. The Hall–Kier alpha value is -1.13. The number of aliphatic hydroxyl groups excluding tert-OH is 1. The molecule has 0 spiro atoms. The Bertz CT molecular complexity index is 1270. The van der Waals surface area contributed by atoms with Gasteiger partial charge in [0.1, 0.15) is 36.1 Å². The van der Waals surface area contributed by atoms with Gasteiger partial charge in [0.15, 0.2) is 10.2 Å². The van der Waals surface area contributed by atoms with Crippen molar-refractivity contribution in [1.29, 1.82) is 0 Å². The molecule has 16 heteroatoms. The molecule has 12 nitrogen and oxygen atoms in total. The summed E-state index contributed by atoms with van der Waals surface area (Å²) in [6.45, 7) is 11.5. The van der Waals surface area contributed by atoms with Crippen LogP contribution in [0.2, 0.25) is 0 Å². The van der Waals surface area contributed by atoms with Crippen molar-refractivity contribution in [3.63, 3.8) is 0 Å². The quantitative estimate of drug-likeness (QED) is 0.211. The van der Waals surface area contributed by atoms with Crippen LogP contribution in [-0.4, -0.2) is 79.5 Å². The number of nitrogen functional groups attached to an aromatic ring is 1. The molecule has 0 bridgehead atoms. The number of hydrogen-bond acceptors (Lipinski definition) is 15. The maximum absolute atomic E-state index is 13.6. The van der Waals surface area contributed by atoms with Gasteiger partial charge >= 0.3 is 7.82 Å². The second kappa shape index (κ2) is 13.9. The first-order valence-electron chi connectivity index (χ1n) is 13.3. The summed E-state index contributed by atoms with van der Waals surface area (Å²) >= 11 is 3.34. The average Bonchev–Trinajstić information content (AvgIpc) is 3.41. The van der Waals surface area contributed by atoms with Gasteiger partial charge in [-0.25, -0.2) is 14.5 Å². The summed E-state index contributed by atoms with van der Waals surface area (Å²) in [4.78, 5) is 33.2. The molecular weight excluding hydrogens is 625 g/mol. The van der Waals surface area contributed by atoms with Crippen LogP contribution in [0.25, 0.3) is 10.9 Å². The normalized spacial score (nSPS) is 23.5. The Labute approximate surface area is 258 Å². The maximum Gasteiger partial charge on any atom is 0.474 e. The third-order valence-electron chi connectivity index (χ3n) is 6.24. The Morgan fingerprint density at radius 3 is 2.14 bits per heavy atom. The van der Waals surface area contributed by atoms with E-state index in [-0.39, 0.29) is 40.8 Å². The van der Waals surface area contributed by atoms with Crippen LogP contribution in [-0.2, 0) is 32.5 Å². The van der Waals surface area contributed by atoms with E-state index in [0.717, 1.165) is 23.5 Å². The third-order valence-corrected chi connectivity index (χ3v) is 11.2. The molecule has 0 aliphatic carbocycles. The van der Waals surface area contributed by atoms with Crippen molar-refractivity contribution >= 4 is 69.6 Å². The van der Waals surface area contributed by atoms with Crippen molar-refractivity contribution in [3.8, 4) is 0 Å². The highest BCUT2D eigenvalue weighted by molar-refractivity contribution is 8.14. The van der Waals surface area contributed by atoms with Crippen molar-refractivity contribution in [2.75, 3.05) is 37.1 Å². The summed E-state index contributed by atoms with van der Waals surface area (Å²) in [5.41, 5.74) is 3.60. The van der Waals surface area contributed by atoms with Gasteiger partial charge in [0.25, 0.3) is 0 Å². The monoisotopic (exact) mass is 665 g/mol. The third kappa shape index (κ3) is 8.74. The van der Waals surface area contributed by atoms with Crippen molar-refractivity contribution < 1.29 is 42.7 Å². The number of nitrogens with two attached hydrogens (primary N) is 1. The van der Waals surface area contributed by atoms with Gasteiger partial charge in [-0.3, -0.25) is 23.2 Å². The van der Waals surface area contributed by atoms with E-state index >= 15 is 0 Å². The predicted molar refractivity (Wildman–Crippen MR) is 165 cm³/mol. The van der Waals surface area contributed by atoms with E-state index in [4.69, 9.17) is 24.0 Å². The fourth-order valence-electron chi connectivity index (χ4n) is 3.74. The van der Waals surface area contributed by atoms with Crippen LogP contribution in [0.15, 0.2) is 11.7 Å². The number of aromatic nitrogens is 2. The molecule has 4 atom stereocenters. The lowest BCUT2D eigenvalue weighted by Crippen LogP contribution is -2.43. The summed E-state index contributed by atoms with van der Waals surface area (Å²) < 4.78 is 36.2. The first-order valence-corrected chi connectivity index (χ1v) is 17.6. The number of nitrogens with zero attached hydrogens (tertiary/aromatic N) is 2. The number of anilines is 1. The summed E-state index contributed by atoms with van der Waals surface area (Å²) in [7, 11) is -4.22. The number of thiophene rings is 1. The van der Waals surface area contributed by atoms with Crippen LogP contribution in [0.3, 0.4) is 0 Å². The average molecular weight is 666 g/mol. The van der Waals surface area contributed by atoms with Gasteiger partial charge in [0.05, 0.1) is 35.6 Å². The number of thioether (sulfide) groups is 2. The van der Waals surface area contributed by atoms with Gasteiger partial charge in [0.2, 0.25) is 0 Å². The number of aliphatic hydroxyl groups is 2. The van der Waals surface area contributed by atoms with Crippen molar-refractivity contribution in [3.05, 3.63) is 16.6 Å². The zero-order valence-electron chi connectivity index (χ0n) is 24.8. The minimum atomic E-state index is -4.22. The number of carbonyl (C=O) groups is 2. The van der Waals surface area contributed by atoms with Gasteiger partial charge in [-0.2, -0.15) is 0 Å². The number of fused-ring (bicyclic) bond motifs is 1. The number of phosphoric ester groups is 1. The summed E-state index contributed by atoms with van der Waals surface area (Å²) in [6, 6.07) is 0. The molecule has 2 aromatic heterocycles. The predicted octanol–water partition coefficient (Wildman–Crippen LogP) is 4.60. The zero-order chi connectivity index (χ0) is 31.5. The first-order chi connectivity index (χ1) is 19.4. The van der Waals surface area contributed by atoms with Gasteiger partial charge in [-0.05, 0) is 6.92 Å². The molecule has 4 N–H and O–H groups in total. The molecule has 1 saturated heterocycles. The smallest absolute Gasteiger partial charge is 0.387 e.